The van der Waals surface area contributed by atoms with Crippen LogP contribution in [0, 0.1) is 13.8 Å². The van der Waals surface area contributed by atoms with Crippen molar-refractivity contribution in [2.75, 3.05) is 33.4 Å². The number of carbonyl (C=O) groups is 1. The van der Waals surface area contributed by atoms with Crippen molar-refractivity contribution in [3.05, 3.63) is 34.9 Å². The van der Waals surface area contributed by atoms with E-state index in [1.807, 2.05) is 13.8 Å². The lowest BCUT2D eigenvalue weighted by Crippen LogP contribution is -2.33. The van der Waals surface area contributed by atoms with Gasteiger partial charge in [-0.15, -0.1) is 12.4 Å². The van der Waals surface area contributed by atoms with Gasteiger partial charge in [0.05, 0.1) is 13.0 Å². The first-order valence-electron chi connectivity index (χ1n) is 6.66. The molecule has 0 unspecified atom stereocenters. The summed E-state index contributed by atoms with van der Waals surface area (Å²) >= 11 is 0. The molecule has 2 N–H and O–H groups in total. The zero-order chi connectivity index (χ0) is 14.1. The van der Waals surface area contributed by atoms with E-state index in [1.54, 1.807) is 7.11 Å². The molecule has 1 amide bonds. The summed E-state index contributed by atoms with van der Waals surface area (Å²) in [5.74, 6) is 0.0715. The fourth-order valence-electron chi connectivity index (χ4n) is 1.82. The molecule has 0 radical (unpaired) electrons. The summed E-state index contributed by atoms with van der Waals surface area (Å²) in [4.78, 5) is 11.8. The van der Waals surface area contributed by atoms with Gasteiger partial charge in [0.15, 0.2) is 0 Å². The molecule has 0 spiro atoms. The van der Waals surface area contributed by atoms with Gasteiger partial charge in [0.25, 0.3) is 0 Å². The third-order valence-corrected chi connectivity index (χ3v) is 2.96. The lowest BCUT2D eigenvalue weighted by atomic mass is 10.0. The van der Waals surface area contributed by atoms with Gasteiger partial charge >= 0.3 is 0 Å². The summed E-state index contributed by atoms with van der Waals surface area (Å²) in [5.41, 5.74) is 3.46. The van der Waals surface area contributed by atoms with Crippen molar-refractivity contribution in [3.8, 4) is 0 Å². The minimum Gasteiger partial charge on any atom is -0.383 e. The molecule has 0 bridgehead atoms. The summed E-state index contributed by atoms with van der Waals surface area (Å²) in [6.07, 6.45) is 0.450. The van der Waals surface area contributed by atoms with Crippen LogP contribution in [0.3, 0.4) is 0 Å². The molecule has 114 valence electrons. The van der Waals surface area contributed by atoms with Crippen LogP contribution in [-0.4, -0.2) is 39.3 Å². The molecule has 5 heteroatoms. The molecule has 0 aliphatic carbocycles. The van der Waals surface area contributed by atoms with Gasteiger partial charge in [-0.25, -0.2) is 0 Å². The number of hydrogen-bond donors (Lipinski definition) is 2. The first-order valence-corrected chi connectivity index (χ1v) is 6.66. The van der Waals surface area contributed by atoms with Gasteiger partial charge in [0.1, 0.15) is 0 Å². The second-order valence-electron chi connectivity index (χ2n) is 4.70. The van der Waals surface area contributed by atoms with Crippen molar-refractivity contribution in [2.24, 2.45) is 0 Å². The van der Waals surface area contributed by atoms with Crippen LogP contribution in [0.2, 0.25) is 0 Å². The molecule has 0 saturated carbocycles. The number of carbonyl (C=O) groups excluding carboxylic acids is 1. The SMILES string of the molecule is COCCNCCNC(=O)Cc1cc(C)ccc1C.Cl. The molecule has 0 saturated heterocycles. The van der Waals surface area contributed by atoms with Crippen molar-refractivity contribution in [1.82, 2.24) is 10.6 Å². The largest absolute Gasteiger partial charge is 0.383 e. The van der Waals surface area contributed by atoms with E-state index >= 15 is 0 Å². The van der Waals surface area contributed by atoms with Crippen LogP contribution in [0.4, 0.5) is 0 Å². The van der Waals surface area contributed by atoms with E-state index in [9.17, 15) is 4.79 Å². The minimum absolute atomic E-state index is 0. The van der Waals surface area contributed by atoms with Gasteiger partial charge in [-0.05, 0) is 25.0 Å². The summed E-state index contributed by atoms with van der Waals surface area (Å²) in [6, 6.07) is 6.20. The van der Waals surface area contributed by atoms with E-state index in [0.717, 1.165) is 18.7 Å². The highest BCUT2D eigenvalue weighted by atomic mass is 35.5. The van der Waals surface area contributed by atoms with Crippen LogP contribution >= 0.6 is 12.4 Å². The topological polar surface area (TPSA) is 50.4 Å². The third-order valence-electron chi connectivity index (χ3n) is 2.96. The molecule has 1 rings (SSSR count). The minimum atomic E-state index is 0. The van der Waals surface area contributed by atoms with Gasteiger partial charge in [0.2, 0.25) is 5.91 Å². The van der Waals surface area contributed by atoms with E-state index in [4.69, 9.17) is 4.74 Å². The van der Waals surface area contributed by atoms with Gasteiger partial charge in [0, 0.05) is 26.7 Å². The molecular weight excluding hydrogens is 276 g/mol. The Bertz CT molecular complexity index is 411. The second kappa shape index (κ2) is 10.7. The maximum atomic E-state index is 11.8. The zero-order valence-electron chi connectivity index (χ0n) is 12.5. The predicted molar refractivity (Wildman–Crippen MR) is 84.6 cm³/mol. The Morgan fingerprint density at radius 3 is 2.65 bits per heavy atom. The summed E-state index contributed by atoms with van der Waals surface area (Å²) in [5, 5.41) is 6.10. The van der Waals surface area contributed by atoms with Crippen LogP contribution in [-0.2, 0) is 16.0 Å². The van der Waals surface area contributed by atoms with Gasteiger partial charge in [-0.2, -0.15) is 0 Å². The number of rotatable bonds is 8. The van der Waals surface area contributed by atoms with Crippen LogP contribution in [0.15, 0.2) is 18.2 Å². The standard InChI is InChI=1S/C15H24N2O2.ClH/c1-12-4-5-13(2)14(10-12)11-15(18)17-7-6-16-8-9-19-3;/h4-5,10,16H,6-9,11H2,1-3H3,(H,17,18);1H. The number of nitrogens with one attached hydrogen (secondary N) is 2. The van der Waals surface area contributed by atoms with Crippen LogP contribution in [0.5, 0.6) is 0 Å². The highest BCUT2D eigenvalue weighted by Gasteiger charge is 2.05. The van der Waals surface area contributed by atoms with E-state index in [0.29, 0.717) is 19.6 Å². The number of amides is 1. The summed E-state index contributed by atoms with van der Waals surface area (Å²) in [7, 11) is 1.67. The first-order chi connectivity index (χ1) is 9.13. The normalized spacial score (nSPS) is 9.95. The van der Waals surface area contributed by atoms with E-state index in [2.05, 4.69) is 28.8 Å². The van der Waals surface area contributed by atoms with E-state index < -0.39 is 0 Å². The average molecular weight is 301 g/mol. The van der Waals surface area contributed by atoms with E-state index in [-0.39, 0.29) is 18.3 Å². The molecule has 0 fully saturated rings. The van der Waals surface area contributed by atoms with E-state index in [1.165, 1.54) is 11.1 Å². The van der Waals surface area contributed by atoms with Crippen molar-refractivity contribution in [1.29, 1.82) is 0 Å². The first kappa shape index (κ1) is 18.9. The summed E-state index contributed by atoms with van der Waals surface area (Å²) in [6.45, 7) is 6.99. The average Bonchev–Trinajstić information content (AvgIpc) is 2.38. The van der Waals surface area contributed by atoms with Crippen molar-refractivity contribution in [3.63, 3.8) is 0 Å². The molecule has 0 aliphatic heterocycles. The number of halogens is 1. The number of hydrogen-bond acceptors (Lipinski definition) is 3. The van der Waals surface area contributed by atoms with Gasteiger partial charge in [-0.1, -0.05) is 23.8 Å². The number of methoxy groups -OCH3 is 1. The van der Waals surface area contributed by atoms with Crippen LogP contribution in [0.25, 0.3) is 0 Å². The van der Waals surface area contributed by atoms with Crippen molar-refractivity contribution in [2.45, 2.75) is 20.3 Å². The van der Waals surface area contributed by atoms with Crippen molar-refractivity contribution < 1.29 is 9.53 Å². The lowest BCUT2D eigenvalue weighted by molar-refractivity contribution is -0.120. The third kappa shape index (κ3) is 7.48. The quantitative estimate of drug-likeness (QED) is 0.717. The molecule has 0 aromatic heterocycles. The fourth-order valence-corrected chi connectivity index (χ4v) is 1.82. The highest BCUT2D eigenvalue weighted by Crippen LogP contribution is 2.11. The Kier molecular flexibility index (Phi) is 10.1. The Hall–Kier alpha value is -1.10. The molecule has 1 aromatic carbocycles. The predicted octanol–water partition coefficient (Wildman–Crippen LogP) is 1.62. The van der Waals surface area contributed by atoms with Crippen molar-refractivity contribution >= 4 is 18.3 Å². The maximum Gasteiger partial charge on any atom is 0.224 e. The number of ether oxygens (including phenoxy) is 1. The van der Waals surface area contributed by atoms with Crippen LogP contribution < -0.4 is 10.6 Å². The summed E-state index contributed by atoms with van der Waals surface area (Å²) < 4.78 is 4.92. The van der Waals surface area contributed by atoms with Crippen LogP contribution in [0.1, 0.15) is 16.7 Å². The second-order valence-corrected chi connectivity index (χ2v) is 4.70. The zero-order valence-corrected chi connectivity index (χ0v) is 13.3. The number of aryl methyl sites for hydroxylation is 2. The lowest BCUT2D eigenvalue weighted by Gasteiger charge is -2.09. The molecule has 0 aliphatic rings. The monoisotopic (exact) mass is 300 g/mol. The molecule has 1 aromatic rings. The molecular formula is C15H25ClN2O2. The highest BCUT2D eigenvalue weighted by molar-refractivity contribution is 5.85. The molecule has 0 heterocycles. The smallest absolute Gasteiger partial charge is 0.224 e. The maximum absolute atomic E-state index is 11.8. The Balaban J connectivity index is 0.00000361. The Labute approximate surface area is 127 Å². The fraction of sp³-hybridized carbons (Fsp3) is 0.533. The van der Waals surface area contributed by atoms with Gasteiger partial charge in [-0.3, -0.25) is 4.79 Å². The molecule has 0 atom stereocenters. The Morgan fingerprint density at radius 2 is 1.95 bits per heavy atom. The number of benzene rings is 1. The Morgan fingerprint density at radius 1 is 1.20 bits per heavy atom. The molecule has 4 nitrogen and oxygen atoms in total. The molecule has 20 heavy (non-hydrogen) atoms. The van der Waals surface area contributed by atoms with Gasteiger partial charge < -0.3 is 15.4 Å².